The molecule has 4 nitrogen and oxygen atoms in total. The van der Waals surface area contributed by atoms with Gasteiger partial charge in [0.25, 0.3) is 5.91 Å². The van der Waals surface area contributed by atoms with Crippen molar-refractivity contribution in [2.75, 3.05) is 19.7 Å². The number of carbonyl (C=O) groups is 1. The van der Waals surface area contributed by atoms with Gasteiger partial charge < -0.3 is 15.4 Å². The van der Waals surface area contributed by atoms with Gasteiger partial charge in [0.2, 0.25) is 0 Å². The highest BCUT2D eigenvalue weighted by molar-refractivity contribution is 5.77. The van der Waals surface area contributed by atoms with Crippen LogP contribution in [0.3, 0.4) is 0 Å². The quantitative estimate of drug-likeness (QED) is 0.811. The fraction of sp³-hybridized carbons (Fsp3) is 0.588. The van der Waals surface area contributed by atoms with Crippen LogP contribution in [0, 0.1) is 5.92 Å². The Bertz CT molecular complexity index is 486. The summed E-state index contributed by atoms with van der Waals surface area (Å²) in [4.78, 5) is 11.7. The molecule has 1 aliphatic rings. The van der Waals surface area contributed by atoms with Gasteiger partial charge >= 0.3 is 0 Å². The van der Waals surface area contributed by atoms with Gasteiger partial charge in [0.05, 0.1) is 0 Å². The molecule has 1 unspecified atom stereocenters. The van der Waals surface area contributed by atoms with Crippen LogP contribution >= 0.6 is 0 Å². The van der Waals surface area contributed by atoms with Crippen LogP contribution < -0.4 is 15.4 Å². The fourth-order valence-electron chi connectivity index (χ4n) is 2.73. The van der Waals surface area contributed by atoms with E-state index in [1.165, 1.54) is 11.1 Å². The van der Waals surface area contributed by atoms with E-state index in [1.54, 1.807) is 0 Å². The standard InChI is InChI=1S/C17H26N2O2/c1-4-18-15-9-8-14-13(15)6-5-7-16(14)21-11-17(20)19-10-12(2)3/h5-7,12,15,18H,4,8-11H2,1-3H3,(H,19,20). The molecule has 0 spiro atoms. The van der Waals surface area contributed by atoms with E-state index in [0.717, 1.165) is 25.1 Å². The van der Waals surface area contributed by atoms with E-state index in [2.05, 4.69) is 37.5 Å². The normalized spacial score (nSPS) is 16.9. The Balaban J connectivity index is 1.94. The summed E-state index contributed by atoms with van der Waals surface area (Å²) < 4.78 is 5.73. The molecule has 0 heterocycles. The Morgan fingerprint density at radius 2 is 2.24 bits per heavy atom. The zero-order valence-corrected chi connectivity index (χ0v) is 13.2. The lowest BCUT2D eigenvalue weighted by molar-refractivity contribution is -0.123. The Labute approximate surface area is 127 Å². The Morgan fingerprint density at radius 1 is 1.43 bits per heavy atom. The molecule has 0 saturated carbocycles. The van der Waals surface area contributed by atoms with Crippen LogP contribution in [0.2, 0.25) is 0 Å². The zero-order valence-electron chi connectivity index (χ0n) is 13.2. The molecule has 2 N–H and O–H groups in total. The van der Waals surface area contributed by atoms with Crippen molar-refractivity contribution in [2.45, 2.75) is 39.7 Å². The lowest BCUT2D eigenvalue weighted by Gasteiger charge is -2.14. The van der Waals surface area contributed by atoms with Crippen molar-refractivity contribution >= 4 is 5.91 Å². The number of hydrogen-bond acceptors (Lipinski definition) is 3. The molecule has 0 fully saturated rings. The van der Waals surface area contributed by atoms with Crippen molar-refractivity contribution in [3.63, 3.8) is 0 Å². The Morgan fingerprint density at radius 3 is 2.95 bits per heavy atom. The average Bonchev–Trinajstić information content (AvgIpc) is 2.87. The van der Waals surface area contributed by atoms with Crippen LogP contribution in [-0.4, -0.2) is 25.6 Å². The summed E-state index contributed by atoms with van der Waals surface area (Å²) in [5.41, 5.74) is 2.57. The van der Waals surface area contributed by atoms with E-state index >= 15 is 0 Å². The van der Waals surface area contributed by atoms with Gasteiger partial charge in [0.1, 0.15) is 5.75 Å². The predicted octanol–water partition coefficient (Wildman–Crippen LogP) is 2.43. The fourth-order valence-corrected chi connectivity index (χ4v) is 2.73. The lowest BCUT2D eigenvalue weighted by Crippen LogP contribution is -2.31. The number of amides is 1. The van der Waals surface area contributed by atoms with E-state index in [1.807, 2.05) is 12.1 Å². The average molecular weight is 290 g/mol. The van der Waals surface area contributed by atoms with Gasteiger partial charge in [-0.15, -0.1) is 0 Å². The van der Waals surface area contributed by atoms with E-state index in [0.29, 0.717) is 18.5 Å². The highest BCUT2D eigenvalue weighted by Crippen LogP contribution is 2.36. The zero-order chi connectivity index (χ0) is 15.2. The molecular weight excluding hydrogens is 264 g/mol. The molecule has 2 rings (SSSR count). The monoisotopic (exact) mass is 290 g/mol. The first-order valence-electron chi connectivity index (χ1n) is 7.86. The van der Waals surface area contributed by atoms with Gasteiger partial charge in [0.15, 0.2) is 6.61 Å². The third-order valence-electron chi connectivity index (χ3n) is 3.74. The van der Waals surface area contributed by atoms with Crippen LogP contribution in [0.5, 0.6) is 5.75 Å². The molecule has 0 aliphatic heterocycles. The van der Waals surface area contributed by atoms with Crippen molar-refractivity contribution in [1.29, 1.82) is 0 Å². The van der Waals surface area contributed by atoms with Crippen LogP contribution in [-0.2, 0) is 11.2 Å². The highest BCUT2D eigenvalue weighted by atomic mass is 16.5. The van der Waals surface area contributed by atoms with E-state index in [9.17, 15) is 4.79 Å². The summed E-state index contributed by atoms with van der Waals surface area (Å²) >= 11 is 0. The van der Waals surface area contributed by atoms with Crippen molar-refractivity contribution in [1.82, 2.24) is 10.6 Å². The topological polar surface area (TPSA) is 50.4 Å². The number of nitrogens with one attached hydrogen (secondary N) is 2. The minimum absolute atomic E-state index is 0.0532. The van der Waals surface area contributed by atoms with Gasteiger partial charge in [-0.05, 0) is 42.5 Å². The maximum absolute atomic E-state index is 11.7. The molecule has 1 aromatic rings. The van der Waals surface area contributed by atoms with Gasteiger partial charge in [-0.3, -0.25) is 4.79 Å². The largest absolute Gasteiger partial charge is 0.483 e. The van der Waals surface area contributed by atoms with Crippen molar-refractivity contribution in [3.8, 4) is 5.75 Å². The number of carbonyl (C=O) groups excluding carboxylic acids is 1. The summed E-state index contributed by atoms with van der Waals surface area (Å²) in [6.07, 6.45) is 2.11. The van der Waals surface area contributed by atoms with E-state index < -0.39 is 0 Å². The van der Waals surface area contributed by atoms with Gasteiger partial charge in [0, 0.05) is 12.6 Å². The van der Waals surface area contributed by atoms with Crippen LogP contribution in [0.15, 0.2) is 18.2 Å². The molecule has 1 amide bonds. The first-order chi connectivity index (χ1) is 10.1. The molecule has 0 bridgehead atoms. The van der Waals surface area contributed by atoms with Crippen molar-refractivity contribution in [3.05, 3.63) is 29.3 Å². The van der Waals surface area contributed by atoms with Crippen molar-refractivity contribution in [2.24, 2.45) is 5.92 Å². The summed E-state index contributed by atoms with van der Waals surface area (Å²) in [6.45, 7) is 8.02. The predicted molar refractivity (Wildman–Crippen MR) is 84.5 cm³/mol. The molecule has 4 heteroatoms. The first kappa shape index (κ1) is 15.8. The summed E-state index contributed by atoms with van der Waals surface area (Å²) in [5.74, 6) is 1.26. The maximum atomic E-state index is 11.7. The van der Waals surface area contributed by atoms with Crippen LogP contribution in [0.4, 0.5) is 0 Å². The minimum atomic E-state index is -0.0532. The summed E-state index contributed by atoms with van der Waals surface area (Å²) in [6, 6.07) is 6.54. The molecule has 0 aromatic heterocycles. The number of rotatable bonds is 7. The SMILES string of the molecule is CCNC1CCc2c(OCC(=O)NCC(C)C)cccc21. The third kappa shape index (κ3) is 4.21. The number of benzene rings is 1. The van der Waals surface area contributed by atoms with E-state index in [4.69, 9.17) is 4.74 Å². The molecule has 116 valence electrons. The Hall–Kier alpha value is -1.55. The first-order valence-corrected chi connectivity index (χ1v) is 7.86. The van der Waals surface area contributed by atoms with Crippen molar-refractivity contribution < 1.29 is 9.53 Å². The molecular formula is C17H26N2O2. The maximum Gasteiger partial charge on any atom is 0.257 e. The lowest BCUT2D eigenvalue weighted by atomic mass is 10.1. The molecule has 1 atom stereocenters. The number of hydrogen-bond donors (Lipinski definition) is 2. The number of ether oxygens (including phenoxy) is 1. The van der Waals surface area contributed by atoms with E-state index in [-0.39, 0.29) is 12.5 Å². The van der Waals surface area contributed by atoms with Gasteiger partial charge in [-0.25, -0.2) is 0 Å². The second kappa shape index (κ2) is 7.46. The van der Waals surface area contributed by atoms with Gasteiger partial charge in [-0.2, -0.15) is 0 Å². The highest BCUT2D eigenvalue weighted by Gasteiger charge is 2.24. The molecule has 0 radical (unpaired) electrons. The molecule has 1 aromatic carbocycles. The number of fused-ring (bicyclic) bond motifs is 1. The second-order valence-corrected chi connectivity index (χ2v) is 5.96. The molecule has 21 heavy (non-hydrogen) atoms. The minimum Gasteiger partial charge on any atom is -0.483 e. The Kier molecular flexibility index (Phi) is 5.62. The molecule has 1 aliphatic carbocycles. The van der Waals surface area contributed by atoms with Crippen LogP contribution in [0.25, 0.3) is 0 Å². The van der Waals surface area contributed by atoms with Gasteiger partial charge in [-0.1, -0.05) is 32.9 Å². The third-order valence-corrected chi connectivity index (χ3v) is 3.74. The summed E-state index contributed by atoms with van der Waals surface area (Å²) in [5, 5.41) is 6.36. The smallest absolute Gasteiger partial charge is 0.257 e. The summed E-state index contributed by atoms with van der Waals surface area (Å²) in [7, 11) is 0. The van der Waals surface area contributed by atoms with Crippen LogP contribution in [0.1, 0.15) is 44.4 Å². The molecule has 0 saturated heterocycles. The second-order valence-electron chi connectivity index (χ2n) is 5.96.